The van der Waals surface area contributed by atoms with Crippen LogP contribution in [-0.4, -0.2) is 40.3 Å². The van der Waals surface area contributed by atoms with E-state index < -0.39 is 0 Å². The predicted molar refractivity (Wildman–Crippen MR) is 146 cm³/mol. The molecular formula is C31H25NO4Se. The number of carbonyl (C=O) groups is 2. The maximum atomic E-state index is 12.9. The van der Waals surface area contributed by atoms with Gasteiger partial charge in [0.1, 0.15) is 0 Å². The van der Waals surface area contributed by atoms with Gasteiger partial charge in [-0.05, 0) is 0 Å². The summed E-state index contributed by atoms with van der Waals surface area (Å²) in [6.45, 7) is 4.48. The van der Waals surface area contributed by atoms with Gasteiger partial charge in [0.2, 0.25) is 0 Å². The molecule has 0 N–H and O–H groups in total. The molecule has 0 fully saturated rings. The van der Waals surface area contributed by atoms with Crippen LogP contribution in [0.25, 0.3) is 6.08 Å². The molecule has 0 atom stereocenters. The minimum absolute atomic E-state index is 0.0691. The average molecular weight is 555 g/mol. The third-order valence-electron chi connectivity index (χ3n) is 7.35. The first-order valence-electron chi connectivity index (χ1n) is 12.0. The Kier molecular flexibility index (Phi) is 5.48. The number of ketones is 2. The predicted octanol–water partition coefficient (Wildman–Crippen LogP) is 6.33. The van der Waals surface area contributed by atoms with Gasteiger partial charge in [-0.2, -0.15) is 0 Å². The van der Waals surface area contributed by atoms with Gasteiger partial charge in [0.25, 0.3) is 0 Å². The van der Waals surface area contributed by atoms with Crippen molar-refractivity contribution < 1.29 is 19.1 Å². The van der Waals surface area contributed by atoms with Crippen LogP contribution >= 0.6 is 0 Å². The molecule has 0 saturated heterocycles. The zero-order valence-corrected chi connectivity index (χ0v) is 22.7. The number of methoxy groups -OCH3 is 2. The van der Waals surface area contributed by atoms with E-state index in [4.69, 9.17) is 9.47 Å². The van der Waals surface area contributed by atoms with E-state index in [1.807, 2.05) is 34.1 Å². The van der Waals surface area contributed by atoms with E-state index in [1.165, 1.54) is 11.1 Å². The second-order valence-corrected chi connectivity index (χ2v) is 11.2. The van der Waals surface area contributed by atoms with E-state index >= 15 is 0 Å². The van der Waals surface area contributed by atoms with Gasteiger partial charge in [0, 0.05) is 5.41 Å². The Morgan fingerprint density at radius 1 is 0.757 bits per heavy atom. The Balaban J connectivity index is 1.55. The van der Waals surface area contributed by atoms with Crippen LogP contribution in [-0.2, 0) is 5.41 Å². The molecule has 5 nitrogen and oxygen atoms in total. The maximum absolute atomic E-state index is 12.9. The second-order valence-electron chi connectivity index (χ2n) is 9.68. The normalized spacial score (nSPS) is 15.2. The van der Waals surface area contributed by atoms with Crippen LogP contribution in [0.15, 0.2) is 76.1 Å². The fraction of sp³-hybridized carbons (Fsp3) is 0.161. The fourth-order valence-corrected chi connectivity index (χ4v) is 7.15. The molecule has 0 spiro atoms. The van der Waals surface area contributed by atoms with Crippen molar-refractivity contribution in [2.24, 2.45) is 0 Å². The van der Waals surface area contributed by atoms with Gasteiger partial charge in [-0.3, -0.25) is 0 Å². The molecule has 0 radical (unpaired) electrons. The summed E-state index contributed by atoms with van der Waals surface area (Å²) in [6, 6.07) is 20.5. The van der Waals surface area contributed by atoms with E-state index in [0.29, 0.717) is 28.2 Å². The summed E-state index contributed by atoms with van der Waals surface area (Å²) in [6.07, 6.45) is 1.63. The Morgan fingerprint density at radius 2 is 1.30 bits per heavy atom. The summed E-state index contributed by atoms with van der Waals surface area (Å²) in [4.78, 5) is 31.8. The van der Waals surface area contributed by atoms with E-state index in [9.17, 15) is 9.59 Å². The summed E-state index contributed by atoms with van der Waals surface area (Å²) in [5, 5.41) is 0. The topological polar surface area (TPSA) is 55.8 Å². The number of carbonyl (C=O) groups excluding carboxylic acids is 2. The first-order chi connectivity index (χ1) is 17.9. The van der Waals surface area contributed by atoms with Gasteiger partial charge in [-0.1, -0.05) is 50.2 Å². The SMILES string of the molecule is COc1cc(N2c3ccccc3C(C)(C)c3ccccc32)c(OC)cc1C=C1C(=O)c2c[se]cc2C1=O. The number of benzene rings is 3. The number of hydrogen-bond acceptors (Lipinski definition) is 5. The molecule has 37 heavy (non-hydrogen) atoms. The van der Waals surface area contributed by atoms with Crippen molar-refractivity contribution in [3.63, 3.8) is 0 Å². The third-order valence-corrected chi connectivity index (χ3v) is 8.91. The van der Waals surface area contributed by atoms with Gasteiger partial charge in [-0.15, -0.1) is 0 Å². The van der Waals surface area contributed by atoms with E-state index in [2.05, 4.69) is 55.1 Å². The number of fused-ring (bicyclic) bond motifs is 3. The molecule has 2 aliphatic rings. The number of rotatable bonds is 4. The van der Waals surface area contributed by atoms with Gasteiger partial charge >= 0.3 is 166 Å². The van der Waals surface area contributed by atoms with Crippen LogP contribution in [0.5, 0.6) is 11.5 Å². The van der Waals surface area contributed by atoms with Crippen molar-refractivity contribution in [2.45, 2.75) is 19.3 Å². The summed E-state index contributed by atoms with van der Waals surface area (Å²) in [5.41, 5.74) is 7.01. The summed E-state index contributed by atoms with van der Waals surface area (Å²) in [5.74, 6) is 0.716. The molecule has 4 aromatic rings. The Hall–Kier alpha value is -3.86. The van der Waals surface area contributed by atoms with Crippen molar-refractivity contribution >= 4 is 49.2 Å². The molecular weight excluding hydrogens is 529 g/mol. The van der Waals surface area contributed by atoms with Crippen LogP contribution in [0.3, 0.4) is 0 Å². The van der Waals surface area contributed by atoms with Crippen LogP contribution in [0, 0.1) is 0 Å². The number of Topliss-reactive ketones (excluding diaryl/α,β-unsaturated/α-hetero) is 2. The van der Waals surface area contributed by atoms with E-state index in [0.717, 1.165) is 17.1 Å². The van der Waals surface area contributed by atoms with Crippen molar-refractivity contribution in [2.75, 3.05) is 19.1 Å². The number of hydrogen-bond donors (Lipinski definition) is 0. The number of para-hydroxylation sites is 2. The first-order valence-corrected chi connectivity index (χ1v) is 14.0. The molecule has 6 heteroatoms. The number of allylic oxidation sites excluding steroid dienone is 1. The number of ether oxygens (including phenoxy) is 2. The molecule has 0 saturated carbocycles. The summed E-state index contributed by atoms with van der Waals surface area (Å²) >= 11 is 0.0691. The molecule has 0 amide bonds. The molecule has 2 heterocycles. The first kappa shape index (κ1) is 23.5. The molecule has 1 aliphatic carbocycles. The standard InChI is InChI=1S/C31H25NO4Se/c1-31(2)22-9-5-7-11-24(22)32(25-12-8-6-10-23(25)31)26-15-27(35-3)18(14-28(26)36-4)13-19-29(33)20-16-37-17-21(20)30(19)34/h5-17H,1-4H3. The van der Waals surface area contributed by atoms with Crippen LogP contribution < -0.4 is 14.4 Å². The van der Waals surface area contributed by atoms with Crippen LogP contribution in [0.4, 0.5) is 17.1 Å². The van der Waals surface area contributed by atoms with E-state index in [-0.39, 0.29) is 37.1 Å². The Morgan fingerprint density at radius 3 is 1.84 bits per heavy atom. The van der Waals surface area contributed by atoms with Crippen LogP contribution in [0.1, 0.15) is 51.3 Å². The molecule has 0 unspecified atom stereocenters. The second kappa shape index (κ2) is 8.62. The molecule has 6 rings (SSSR count). The third kappa shape index (κ3) is 3.44. The van der Waals surface area contributed by atoms with Crippen molar-refractivity contribution in [3.8, 4) is 11.5 Å². The van der Waals surface area contributed by atoms with Gasteiger partial charge < -0.3 is 0 Å². The molecule has 1 aromatic heterocycles. The van der Waals surface area contributed by atoms with E-state index in [1.54, 1.807) is 20.3 Å². The molecule has 3 aromatic carbocycles. The van der Waals surface area contributed by atoms with Crippen molar-refractivity contribution in [1.29, 1.82) is 0 Å². The zero-order chi connectivity index (χ0) is 25.9. The number of nitrogens with zero attached hydrogens (tertiary/aromatic N) is 1. The minimum atomic E-state index is -0.221. The Labute approximate surface area is 221 Å². The van der Waals surface area contributed by atoms with Crippen molar-refractivity contribution in [3.05, 3.63) is 104 Å². The molecule has 1 aliphatic heterocycles. The van der Waals surface area contributed by atoms with Gasteiger partial charge in [0.05, 0.1) is 0 Å². The summed E-state index contributed by atoms with van der Waals surface area (Å²) < 4.78 is 11.7. The molecule has 184 valence electrons. The van der Waals surface area contributed by atoms with Crippen molar-refractivity contribution in [1.82, 2.24) is 0 Å². The Bertz CT molecular complexity index is 1550. The monoisotopic (exact) mass is 555 g/mol. The van der Waals surface area contributed by atoms with Crippen LogP contribution in [0.2, 0.25) is 0 Å². The quantitative estimate of drug-likeness (QED) is 0.168. The zero-order valence-electron chi connectivity index (χ0n) is 21.0. The fourth-order valence-electron chi connectivity index (χ4n) is 5.45. The number of anilines is 3. The van der Waals surface area contributed by atoms with Gasteiger partial charge in [0.15, 0.2) is 0 Å². The average Bonchev–Trinajstić information content (AvgIpc) is 3.49. The molecule has 0 bridgehead atoms. The van der Waals surface area contributed by atoms with Gasteiger partial charge in [-0.25, -0.2) is 0 Å². The summed E-state index contributed by atoms with van der Waals surface area (Å²) in [7, 11) is 3.22.